The van der Waals surface area contributed by atoms with Crippen molar-refractivity contribution in [3.05, 3.63) is 54.3 Å². The molecule has 1 heterocycles. The molecule has 3 aromatic rings. The van der Waals surface area contributed by atoms with E-state index >= 15 is 0 Å². The van der Waals surface area contributed by atoms with Crippen molar-refractivity contribution >= 4 is 17.0 Å². The number of hydrogen-bond acceptors (Lipinski definition) is 3. The summed E-state index contributed by atoms with van der Waals surface area (Å²) in [6.07, 6.45) is -0.174. The maximum Gasteiger partial charge on any atom is 0.326 e. The van der Waals surface area contributed by atoms with Crippen molar-refractivity contribution in [3.8, 4) is 11.4 Å². The molecular weight excluding hydrogens is 295 g/mol. The number of carbonyl (C=O) groups excluding carboxylic acids is 1. The van der Waals surface area contributed by atoms with E-state index in [0.29, 0.717) is 5.82 Å². The molecular formula is C18H17FN2O2. The topological polar surface area (TPSA) is 44.1 Å². The molecule has 0 fully saturated rings. The van der Waals surface area contributed by atoms with E-state index < -0.39 is 0 Å². The standard InChI is InChI=1S/C18H17FN2O2/c1-12(2)23-17(22)11-21-16-6-4-3-5-15(16)20-18(21)13-7-9-14(19)10-8-13/h3-10,12H,11H2,1-2H3. The average Bonchev–Trinajstić information content (AvgIpc) is 2.86. The third kappa shape index (κ3) is 3.23. The van der Waals surface area contributed by atoms with Gasteiger partial charge in [0.2, 0.25) is 0 Å². The molecule has 0 N–H and O–H groups in total. The highest BCUT2D eigenvalue weighted by atomic mass is 19.1. The largest absolute Gasteiger partial charge is 0.462 e. The highest BCUT2D eigenvalue weighted by Gasteiger charge is 2.16. The van der Waals surface area contributed by atoms with Gasteiger partial charge in [-0.25, -0.2) is 9.37 Å². The molecule has 4 nitrogen and oxygen atoms in total. The van der Waals surface area contributed by atoms with Crippen molar-refractivity contribution in [1.82, 2.24) is 9.55 Å². The smallest absolute Gasteiger partial charge is 0.326 e. The zero-order chi connectivity index (χ0) is 16.4. The quantitative estimate of drug-likeness (QED) is 0.688. The van der Waals surface area contributed by atoms with Gasteiger partial charge in [0.1, 0.15) is 18.2 Å². The second kappa shape index (κ2) is 6.20. The average molecular weight is 312 g/mol. The van der Waals surface area contributed by atoms with Crippen LogP contribution in [0.1, 0.15) is 13.8 Å². The van der Waals surface area contributed by atoms with Gasteiger partial charge in [-0.05, 0) is 50.2 Å². The molecule has 0 aliphatic rings. The minimum Gasteiger partial charge on any atom is -0.462 e. The summed E-state index contributed by atoms with van der Waals surface area (Å²) in [5.41, 5.74) is 2.37. The van der Waals surface area contributed by atoms with Crippen LogP contribution in [0.3, 0.4) is 0 Å². The van der Waals surface area contributed by atoms with E-state index in [1.165, 1.54) is 12.1 Å². The molecule has 0 atom stereocenters. The number of rotatable bonds is 4. The summed E-state index contributed by atoms with van der Waals surface area (Å²) < 4.78 is 20.2. The van der Waals surface area contributed by atoms with Crippen LogP contribution in [-0.2, 0) is 16.1 Å². The van der Waals surface area contributed by atoms with Crippen molar-refractivity contribution < 1.29 is 13.9 Å². The Labute approximate surface area is 133 Å². The first-order chi connectivity index (χ1) is 11.0. The molecule has 5 heteroatoms. The van der Waals surface area contributed by atoms with Crippen molar-refractivity contribution in [2.24, 2.45) is 0 Å². The number of halogens is 1. The summed E-state index contributed by atoms with van der Waals surface area (Å²) in [5, 5.41) is 0. The highest BCUT2D eigenvalue weighted by Crippen LogP contribution is 2.25. The molecule has 0 aliphatic heterocycles. The Morgan fingerprint density at radius 3 is 2.57 bits per heavy atom. The number of benzene rings is 2. The fourth-order valence-corrected chi connectivity index (χ4v) is 2.48. The van der Waals surface area contributed by atoms with Gasteiger partial charge >= 0.3 is 5.97 Å². The zero-order valence-electron chi connectivity index (χ0n) is 13.0. The van der Waals surface area contributed by atoms with E-state index in [-0.39, 0.29) is 24.4 Å². The Hall–Kier alpha value is -2.69. The molecule has 2 aromatic carbocycles. The van der Waals surface area contributed by atoms with Gasteiger partial charge in [0, 0.05) is 5.56 Å². The Bertz CT molecular complexity index is 838. The van der Waals surface area contributed by atoms with Crippen LogP contribution >= 0.6 is 0 Å². The number of para-hydroxylation sites is 2. The third-order valence-corrected chi connectivity index (χ3v) is 3.41. The van der Waals surface area contributed by atoms with Crippen LogP contribution in [0, 0.1) is 5.82 Å². The Kier molecular flexibility index (Phi) is 4.10. The van der Waals surface area contributed by atoms with Crippen LogP contribution in [0.25, 0.3) is 22.4 Å². The lowest BCUT2D eigenvalue weighted by Crippen LogP contribution is -2.18. The molecule has 0 spiro atoms. The molecule has 0 saturated heterocycles. The van der Waals surface area contributed by atoms with Crippen LogP contribution in [0.4, 0.5) is 4.39 Å². The van der Waals surface area contributed by atoms with Crippen molar-refractivity contribution in [2.75, 3.05) is 0 Å². The number of ether oxygens (including phenoxy) is 1. The second-order valence-corrected chi connectivity index (χ2v) is 5.56. The fraction of sp³-hybridized carbons (Fsp3) is 0.222. The maximum atomic E-state index is 13.2. The first kappa shape index (κ1) is 15.2. The monoisotopic (exact) mass is 312 g/mol. The highest BCUT2D eigenvalue weighted by molar-refractivity contribution is 5.83. The predicted molar refractivity (Wildman–Crippen MR) is 86.4 cm³/mol. The van der Waals surface area contributed by atoms with E-state index in [1.807, 2.05) is 38.1 Å². The minimum absolute atomic E-state index is 0.0609. The van der Waals surface area contributed by atoms with Crippen LogP contribution < -0.4 is 0 Å². The SMILES string of the molecule is CC(C)OC(=O)Cn1c(-c2ccc(F)cc2)nc2ccccc21. The van der Waals surface area contributed by atoms with E-state index in [9.17, 15) is 9.18 Å². The number of nitrogens with zero attached hydrogens (tertiary/aromatic N) is 2. The van der Waals surface area contributed by atoms with Crippen molar-refractivity contribution in [3.63, 3.8) is 0 Å². The van der Waals surface area contributed by atoms with Crippen LogP contribution in [0.5, 0.6) is 0 Å². The molecule has 23 heavy (non-hydrogen) atoms. The van der Waals surface area contributed by atoms with Gasteiger partial charge in [0.15, 0.2) is 0 Å². The van der Waals surface area contributed by atoms with Gasteiger partial charge < -0.3 is 9.30 Å². The summed E-state index contributed by atoms with van der Waals surface area (Å²) in [7, 11) is 0. The third-order valence-electron chi connectivity index (χ3n) is 3.41. The number of esters is 1. The van der Waals surface area contributed by atoms with Crippen LogP contribution in [0.2, 0.25) is 0 Å². The van der Waals surface area contributed by atoms with Gasteiger partial charge in [0.25, 0.3) is 0 Å². The molecule has 118 valence electrons. The molecule has 0 unspecified atom stereocenters. The molecule has 0 bridgehead atoms. The zero-order valence-corrected chi connectivity index (χ0v) is 13.0. The number of fused-ring (bicyclic) bond motifs is 1. The van der Waals surface area contributed by atoms with Gasteiger partial charge in [-0.1, -0.05) is 12.1 Å². The van der Waals surface area contributed by atoms with E-state index in [1.54, 1.807) is 16.7 Å². The Balaban J connectivity index is 2.07. The summed E-state index contributed by atoms with van der Waals surface area (Å²) in [6, 6.07) is 13.6. The molecule has 0 amide bonds. The first-order valence-electron chi connectivity index (χ1n) is 7.45. The van der Waals surface area contributed by atoms with Gasteiger partial charge in [-0.2, -0.15) is 0 Å². The first-order valence-corrected chi connectivity index (χ1v) is 7.45. The van der Waals surface area contributed by atoms with Gasteiger partial charge in [-0.15, -0.1) is 0 Å². The van der Waals surface area contributed by atoms with Crippen LogP contribution in [0.15, 0.2) is 48.5 Å². The normalized spacial score (nSPS) is 11.1. The summed E-state index contributed by atoms with van der Waals surface area (Å²) in [5.74, 6) is -0.0194. The number of carbonyl (C=O) groups is 1. The molecule has 0 saturated carbocycles. The molecule has 1 aromatic heterocycles. The fourth-order valence-electron chi connectivity index (χ4n) is 2.48. The molecule has 3 rings (SSSR count). The van der Waals surface area contributed by atoms with E-state index in [2.05, 4.69) is 4.98 Å². The lowest BCUT2D eigenvalue weighted by atomic mass is 10.2. The lowest BCUT2D eigenvalue weighted by Gasteiger charge is -2.11. The van der Waals surface area contributed by atoms with Gasteiger partial charge in [-0.3, -0.25) is 4.79 Å². The molecule has 0 radical (unpaired) electrons. The minimum atomic E-state index is -0.327. The Morgan fingerprint density at radius 1 is 1.17 bits per heavy atom. The van der Waals surface area contributed by atoms with Crippen molar-refractivity contribution in [1.29, 1.82) is 0 Å². The maximum absolute atomic E-state index is 13.2. The van der Waals surface area contributed by atoms with E-state index in [4.69, 9.17) is 4.74 Å². The Morgan fingerprint density at radius 2 is 1.87 bits per heavy atom. The number of imidazole rings is 1. The van der Waals surface area contributed by atoms with Crippen LogP contribution in [-0.4, -0.2) is 21.6 Å². The summed E-state index contributed by atoms with van der Waals surface area (Å²) in [4.78, 5) is 16.6. The number of hydrogen-bond donors (Lipinski definition) is 0. The summed E-state index contributed by atoms with van der Waals surface area (Å²) >= 11 is 0. The molecule has 0 aliphatic carbocycles. The number of aromatic nitrogens is 2. The predicted octanol–water partition coefficient (Wildman–Crippen LogP) is 3.79. The summed E-state index contributed by atoms with van der Waals surface area (Å²) in [6.45, 7) is 3.68. The van der Waals surface area contributed by atoms with Gasteiger partial charge in [0.05, 0.1) is 17.1 Å². The lowest BCUT2D eigenvalue weighted by molar-refractivity contribution is -0.147. The van der Waals surface area contributed by atoms with E-state index in [0.717, 1.165) is 16.6 Å². The second-order valence-electron chi connectivity index (χ2n) is 5.56. The van der Waals surface area contributed by atoms with Crippen molar-refractivity contribution in [2.45, 2.75) is 26.5 Å².